The van der Waals surface area contributed by atoms with Gasteiger partial charge in [0.05, 0.1) is 6.20 Å². The Balaban J connectivity index is 1.83. The summed E-state index contributed by atoms with van der Waals surface area (Å²) in [6.07, 6.45) is 4.15. The lowest BCUT2D eigenvalue weighted by Gasteiger charge is -2.36. The maximum Gasteiger partial charge on any atom is 0.138 e. The molecule has 0 unspecified atom stereocenters. The molecule has 0 spiro atoms. The van der Waals surface area contributed by atoms with Gasteiger partial charge in [0.15, 0.2) is 0 Å². The van der Waals surface area contributed by atoms with E-state index in [-0.39, 0.29) is 0 Å². The van der Waals surface area contributed by atoms with Crippen LogP contribution in [0.15, 0.2) is 128 Å². The van der Waals surface area contributed by atoms with E-state index in [1.54, 1.807) is 0 Å². The molecule has 0 saturated heterocycles. The molecular weight excluding hydrogens is 376 g/mol. The standard InChI is InChI=1S/C29H24N2/c1-23-13-11-12-20-28(23)24-21-30-31(22-24)29(25-14-5-2-6-15-25,26-16-7-3-8-17-26)27-18-9-4-10-19-27/h2-22H,1H3. The Hall–Kier alpha value is -3.91. The summed E-state index contributed by atoms with van der Waals surface area (Å²) in [7, 11) is 0. The Bertz CT molecular complexity index is 1180. The van der Waals surface area contributed by atoms with Gasteiger partial charge in [-0.25, -0.2) is 0 Å². The second kappa shape index (κ2) is 8.08. The van der Waals surface area contributed by atoms with Crippen LogP contribution in [0.3, 0.4) is 0 Å². The molecule has 0 aliphatic rings. The molecule has 4 aromatic carbocycles. The predicted molar refractivity (Wildman–Crippen MR) is 127 cm³/mol. The third-order valence-corrected chi connectivity index (χ3v) is 5.96. The van der Waals surface area contributed by atoms with E-state index in [2.05, 4.69) is 133 Å². The monoisotopic (exact) mass is 400 g/mol. The minimum absolute atomic E-state index is 0.579. The number of aromatic nitrogens is 2. The second-order valence-electron chi connectivity index (χ2n) is 7.80. The fourth-order valence-electron chi connectivity index (χ4n) is 4.48. The Morgan fingerprint density at radius 1 is 0.581 bits per heavy atom. The third kappa shape index (κ3) is 3.27. The topological polar surface area (TPSA) is 17.8 Å². The molecule has 1 aromatic heterocycles. The van der Waals surface area contributed by atoms with Crippen molar-refractivity contribution in [2.24, 2.45) is 0 Å². The molecular formula is C29H24N2. The quantitative estimate of drug-likeness (QED) is 0.300. The maximum atomic E-state index is 4.95. The van der Waals surface area contributed by atoms with E-state index in [4.69, 9.17) is 5.10 Å². The van der Waals surface area contributed by atoms with Crippen LogP contribution in [0.1, 0.15) is 22.3 Å². The number of rotatable bonds is 5. The van der Waals surface area contributed by atoms with Gasteiger partial charge in [-0.05, 0) is 34.7 Å². The van der Waals surface area contributed by atoms with Crippen LogP contribution in [0.5, 0.6) is 0 Å². The van der Waals surface area contributed by atoms with Crippen molar-refractivity contribution in [1.29, 1.82) is 0 Å². The molecule has 31 heavy (non-hydrogen) atoms. The zero-order chi connectivity index (χ0) is 21.1. The fourth-order valence-corrected chi connectivity index (χ4v) is 4.48. The van der Waals surface area contributed by atoms with E-state index in [0.29, 0.717) is 0 Å². The average Bonchev–Trinajstić information content (AvgIpc) is 3.32. The van der Waals surface area contributed by atoms with Crippen LogP contribution in [-0.2, 0) is 5.54 Å². The fraction of sp³-hybridized carbons (Fsp3) is 0.0690. The van der Waals surface area contributed by atoms with Crippen molar-refractivity contribution in [3.63, 3.8) is 0 Å². The van der Waals surface area contributed by atoms with Crippen molar-refractivity contribution in [2.75, 3.05) is 0 Å². The molecule has 2 heteroatoms. The number of nitrogens with zero attached hydrogens (tertiary/aromatic N) is 2. The highest BCUT2D eigenvalue weighted by Crippen LogP contribution is 2.41. The Morgan fingerprint density at radius 2 is 1.03 bits per heavy atom. The minimum Gasteiger partial charge on any atom is -0.252 e. The predicted octanol–water partition coefficient (Wildman–Crippen LogP) is 6.70. The summed E-state index contributed by atoms with van der Waals surface area (Å²) in [6.45, 7) is 2.14. The molecule has 0 atom stereocenters. The molecule has 2 nitrogen and oxygen atoms in total. The van der Waals surface area contributed by atoms with Gasteiger partial charge in [-0.15, -0.1) is 0 Å². The lowest BCUT2D eigenvalue weighted by molar-refractivity contribution is 0.460. The zero-order valence-electron chi connectivity index (χ0n) is 17.5. The number of hydrogen-bond acceptors (Lipinski definition) is 1. The van der Waals surface area contributed by atoms with E-state index >= 15 is 0 Å². The molecule has 0 aliphatic heterocycles. The number of benzene rings is 4. The van der Waals surface area contributed by atoms with Crippen LogP contribution in [-0.4, -0.2) is 9.78 Å². The van der Waals surface area contributed by atoms with Gasteiger partial charge in [0.25, 0.3) is 0 Å². The first-order valence-electron chi connectivity index (χ1n) is 10.6. The first-order valence-corrected chi connectivity index (χ1v) is 10.6. The molecule has 1 heterocycles. The molecule has 0 N–H and O–H groups in total. The van der Waals surface area contributed by atoms with Crippen molar-refractivity contribution in [1.82, 2.24) is 9.78 Å². The highest BCUT2D eigenvalue weighted by molar-refractivity contribution is 5.66. The van der Waals surface area contributed by atoms with Crippen LogP contribution in [0.4, 0.5) is 0 Å². The van der Waals surface area contributed by atoms with Crippen LogP contribution in [0, 0.1) is 6.92 Å². The highest BCUT2D eigenvalue weighted by Gasteiger charge is 2.39. The van der Waals surface area contributed by atoms with Crippen LogP contribution in [0.2, 0.25) is 0 Å². The summed E-state index contributed by atoms with van der Waals surface area (Å²) in [6, 6.07) is 40.4. The van der Waals surface area contributed by atoms with E-state index in [1.165, 1.54) is 27.8 Å². The van der Waals surface area contributed by atoms with Gasteiger partial charge >= 0.3 is 0 Å². The van der Waals surface area contributed by atoms with Gasteiger partial charge < -0.3 is 0 Å². The number of aryl methyl sites for hydroxylation is 1. The summed E-state index contributed by atoms with van der Waals surface area (Å²) in [4.78, 5) is 0. The van der Waals surface area contributed by atoms with Gasteiger partial charge in [-0.2, -0.15) is 5.10 Å². The normalized spacial score (nSPS) is 11.4. The first-order chi connectivity index (χ1) is 15.3. The van der Waals surface area contributed by atoms with Gasteiger partial charge in [0.1, 0.15) is 5.54 Å². The molecule has 0 bridgehead atoms. The van der Waals surface area contributed by atoms with Crippen molar-refractivity contribution in [2.45, 2.75) is 12.5 Å². The Labute approximate surface area is 183 Å². The van der Waals surface area contributed by atoms with Crippen molar-refractivity contribution < 1.29 is 0 Å². The SMILES string of the molecule is Cc1ccccc1-c1cnn(C(c2ccccc2)(c2ccccc2)c2ccccc2)c1. The largest absolute Gasteiger partial charge is 0.252 e. The zero-order valence-corrected chi connectivity index (χ0v) is 17.5. The third-order valence-electron chi connectivity index (χ3n) is 5.96. The Kier molecular flexibility index (Phi) is 4.97. The summed E-state index contributed by atoms with van der Waals surface area (Å²) >= 11 is 0. The smallest absolute Gasteiger partial charge is 0.138 e. The summed E-state index contributed by atoms with van der Waals surface area (Å²) in [5, 5.41) is 4.95. The molecule has 0 saturated carbocycles. The van der Waals surface area contributed by atoms with Crippen LogP contribution < -0.4 is 0 Å². The minimum atomic E-state index is -0.579. The maximum absolute atomic E-state index is 4.95. The van der Waals surface area contributed by atoms with E-state index in [0.717, 1.165) is 5.56 Å². The van der Waals surface area contributed by atoms with E-state index in [1.807, 2.05) is 6.20 Å². The van der Waals surface area contributed by atoms with Gasteiger partial charge in [-0.3, -0.25) is 4.68 Å². The van der Waals surface area contributed by atoms with E-state index in [9.17, 15) is 0 Å². The highest BCUT2D eigenvalue weighted by atomic mass is 15.3. The van der Waals surface area contributed by atoms with Crippen molar-refractivity contribution >= 4 is 0 Å². The molecule has 5 rings (SSSR count). The van der Waals surface area contributed by atoms with Crippen LogP contribution >= 0.6 is 0 Å². The summed E-state index contributed by atoms with van der Waals surface area (Å²) < 4.78 is 2.12. The summed E-state index contributed by atoms with van der Waals surface area (Å²) in [5.41, 5.74) is 6.50. The molecule has 5 aromatic rings. The summed E-state index contributed by atoms with van der Waals surface area (Å²) in [5.74, 6) is 0. The second-order valence-corrected chi connectivity index (χ2v) is 7.80. The average molecular weight is 401 g/mol. The number of hydrogen-bond donors (Lipinski definition) is 0. The van der Waals surface area contributed by atoms with Gasteiger partial charge in [-0.1, -0.05) is 115 Å². The first kappa shape index (κ1) is 19.1. The van der Waals surface area contributed by atoms with Crippen molar-refractivity contribution in [3.05, 3.63) is 150 Å². The molecule has 150 valence electrons. The van der Waals surface area contributed by atoms with Crippen molar-refractivity contribution in [3.8, 4) is 11.1 Å². The molecule has 0 amide bonds. The van der Waals surface area contributed by atoms with E-state index < -0.39 is 5.54 Å². The lowest BCUT2D eigenvalue weighted by Crippen LogP contribution is -2.38. The van der Waals surface area contributed by atoms with Gasteiger partial charge in [0.2, 0.25) is 0 Å². The van der Waals surface area contributed by atoms with Crippen LogP contribution in [0.25, 0.3) is 11.1 Å². The Morgan fingerprint density at radius 3 is 1.52 bits per heavy atom. The lowest BCUT2D eigenvalue weighted by atomic mass is 9.77. The molecule has 0 aliphatic carbocycles. The molecule has 0 fully saturated rings. The van der Waals surface area contributed by atoms with Gasteiger partial charge in [0, 0.05) is 11.8 Å². The molecule has 0 radical (unpaired) electrons.